The fraction of sp³-hybridized carbons (Fsp3) is 0.455. The van der Waals surface area contributed by atoms with Gasteiger partial charge in [0.15, 0.2) is 6.61 Å². The Balaban J connectivity index is 1.77. The molecule has 5 nitrogen and oxygen atoms in total. The maximum absolute atomic E-state index is 11.7. The predicted octanol–water partition coefficient (Wildman–Crippen LogP) is 0.764. The molecule has 0 unspecified atom stereocenters. The van der Waals surface area contributed by atoms with Crippen LogP contribution in [0.25, 0.3) is 0 Å². The van der Waals surface area contributed by atoms with E-state index in [1.165, 1.54) is 11.3 Å². The molecule has 92 valence electrons. The van der Waals surface area contributed by atoms with Gasteiger partial charge in [-0.05, 0) is 11.4 Å². The second-order valence-corrected chi connectivity index (χ2v) is 4.49. The summed E-state index contributed by atoms with van der Waals surface area (Å²) in [5, 5.41) is 1.79. The van der Waals surface area contributed by atoms with E-state index in [1.807, 2.05) is 0 Å². The van der Waals surface area contributed by atoms with Gasteiger partial charge in [-0.25, -0.2) is 4.79 Å². The van der Waals surface area contributed by atoms with E-state index in [1.54, 1.807) is 22.4 Å². The van der Waals surface area contributed by atoms with Crippen LogP contribution in [0.5, 0.6) is 0 Å². The van der Waals surface area contributed by atoms with Crippen LogP contribution in [0, 0.1) is 0 Å². The Hall–Kier alpha value is -1.40. The summed E-state index contributed by atoms with van der Waals surface area (Å²) in [6.07, 6.45) is 0. The molecule has 0 saturated carbocycles. The zero-order chi connectivity index (χ0) is 12.1. The smallest absolute Gasteiger partial charge is 0.348 e. The highest BCUT2D eigenvalue weighted by atomic mass is 32.1. The zero-order valence-electron chi connectivity index (χ0n) is 9.26. The number of carbonyl (C=O) groups is 2. The summed E-state index contributed by atoms with van der Waals surface area (Å²) in [7, 11) is 0. The van der Waals surface area contributed by atoms with Crippen molar-refractivity contribution in [1.82, 2.24) is 4.90 Å². The molecular weight excluding hydrogens is 242 g/mol. The van der Waals surface area contributed by atoms with Gasteiger partial charge in [0.05, 0.1) is 13.2 Å². The Morgan fingerprint density at radius 1 is 1.41 bits per heavy atom. The minimum absolute atomic E-state index is 0.168. The molecule has 6 heteroatoms. The van der Waals surface area contributed by atoms with Crippen molar-refractivity contribution < 1.29 is 19.1 Å². The second kappa shape index (κ2) is 5.79. The summed E-state index contributed by atoms with van der Waals surface area (Å²) in [6.45, 7) is 2.02. The van der Waals surface area contributed by atoms with E-state index in [9.17, 15) is 9.59 Å². The molecule has 2 heterocycles. The van der Waals surface area contributed by atoms with Gasteiger partial charge in [-0.1, -0.05) is 6.07 Å². The Labute approximate surface area is 103 Å². The maximum Gasteiger partial charge on any atom is 0.348 e. The molecule has 1 fully saturated rings. The SMILES string of the molecule is O=C(OCC(=O)N1CCOCC1)c1cccs1. The van der Waals surface area contributed by atoms with Gasteiger partial charge >= 0.3 is 5.97 Å². The van der Waals surface area contributed by atoms with E-state index >= 15 is 0 Å². The summed E-state index contributed by atoms with van der Waals surface area (Å²) in [6, 6.07) is 3.44. The van der Waals surface area contributed by atoms with Gasteiger partial charge in [0.2, 0.25) is 0 Å². The van der Waals surface area contributed by atoms with E-state index in [0.29, 0.717) is 31.2 Å². The molecule has 1 aliphatic heterocycles. The molecule has 0 bridgehead atoms. The molecule has 0 aromatic carbocycles. The van der Waals surface area contributed by atoms with Crippen LogP contribution < -0.4 is 0 Å². The lowest BCUT2D eigenvalue weighted by molar-refractivity contribution is -0.138. The van der Waals surface area contributed by atoms with Crippen molar-refractivity contribution in [3.63, 3.8) is 0 Å². The standard InChI is InChI=1S/C11H13NO4S/c13-10(12-3-5-15-6-4-12)8-16-11(14)9-2-1-7-17-9/h1-2,7H,3-6,8H2. The molecule has 0 N–H and O–H groups in total. The molecule has 0 spiro atoms. The van der Waals surface area contributed by atoms with Crippen LogP contribution in [0.2, 0.25) is 0 Å². The van der Waals surface area contributed by atoms with Gasteiger partial charge in [-0.3, -0.25) is 4.79 Å². The highest BCUT2D eigenvalue weighted by Crippen LogP contribution is 2.10. The molecular formula is C11H13NO4S. The minimum Gasteiger partial charge on any atom is -0.451 e. The molecule has 1 aliphatic rings. The molecule has 1 aromatic heterocycles. The number of esters is 1. The predicted molar refractivity (Wildman–Crippen MR) is 62.0 cm³/mol. The fourth-order valence-corrected chi connectivity index (χ4v) is 2.11. The molecule has 17 heavy (non-hydrogen) atoms. The third-order valence-electron chi connectivity index (χ3n) is 2.41. The Bertz CT molecular complexity index is 384. The third kappa shape index (κ3) is 3.28. The van der Waals surface area contributed by atoms with Crippen LogP contribution >= 0.6 is 11.3 Å². The first-order valence-electron chi connectivity index (χ1n) is 5.33. The topological polar surface area (TPSA) is 55.8 Å². The number of hydrogen-bond acceptors (Lipinski definition) is 5. The van der Waals surface area contributed by atoms with Crippen LogP contribution in [-0.2, 0) is 14.3 Å². The van der Waals surface area contributed by atoms with Gasteiger partial charge < -0.3 is 14.4 Å². The number of hydrogen-bond donors (Lipinski definition) is 0. The maximum atomic E-state index is 11.7. The quantitative estimate of drug-likeness (QED) is 0.748. The molecule has 1 saturated heterocycles. The number of amides is 1. The van der Waals surface area contributed by atoms with Crippen molar-refractivity contribution in [2.45, 2.75) is 0 Å². The van der Waals surface area contributed by atoms with Crippen molar-refractivity contribution >= 4 is 23.2 Å². The third-order valence-corrected chi connectivity index (χ3v) is 3.26. The van der Waals surface area contributed by atoms with Gasteiger partial charge in [0.25, 0.3) is 5.91 Å². The molecule has 0 aliphatic carbocycles. The average molecular weight is 255 g/mol. The molecule has 2 rings (SSSR count). The molecule has 0 radical (unpaired) electrons. The molecule has 0 atom stereocenters. The van der Waals surface area contributed by atoms with Crippen molar-refractivity contribution in [2.75, 3.05) is 32.9 Å². The lowest BCUT2D eigenvalue weighted by atomic mass is 10.4. The molecule has 1 amide bonds. The normalized spacial score (nSPS) is 15.6. The number of ether oxygens (including phenoxy) is 2. The highest BCUT2D eigenvalue weighted by molar-refractivity contribution is 7.11. The van der Waals surface area contributed by atoms with Crippen molar-refractivity contribution in [3.8, 4) is 0 Å². The monoisotopic (exact) mass is 255 g/mol. The van der Waals surface area contributed by atoms with Crippen LogP contribution in [0.15, 0.2) is 17.5 Å². The Morgan fingerprint density at radius 2 is 2.18 bits per heavy atom. The first-order chi connectivity index (χ1) is 8.27. The van der Waals surface area contributed by atoms with Crippen LogP contribution in [0.3, 0.4) is 0 Å². The number of rotatable bonds is 3. The summed E-state index contributed by atoms with van der Waals surface area (Å²) in [4.78, 5) is 25.3. The number of morpholine rings is 1. The van der Waals surface area contributed by atoms with E-state index in [2.05, 4.69) is 0 Å². The van der Waals surface area contributed by atoms with Gasteiger partial charge in [-0.15, -0.1) is 11.3 Å². The van der Waals surface area contributed by atoms with Crippen LogP contribution in [-0.4, -0.2) is 49.7 Å². The number of thiophene rings is 1. The highest BCUT2D eigenvalue weighted by Gasteiger charge is 2.18. The summed E-state index contributed by atoms with van der Waals surface area (Å²) < 4.78 is 10.1. The minimum atomic E-state index is -0.443. The van der Waals surface area contributed by atoms with Gasteiger partial charge in [0.1, 0.15) is 4.88 Å². The van der Waals surface area contributed by atoms with E-state index in [4.69, 9.17) is 9.47 Å². The number of carbonyl (C=O) groups excluding carboxylic acids is 2. The largest absolute Gasteiger partial charge is 0.451 e. The van der Waals surface area contributed by atoms with Gasteiger partial charge in [0, 0.05) is 13.1 Å². The summed E-state index contributed by atoms with van der Waals surface area (Å²) in [5.74, 6) is -0.611. The Morgan fingerprint density at radius 3 is 2.82 bits per heavy atom. The number of nitrogens with zero attached hydrogens (tertiary/aromatic N) is 1. The van der Waals surface area contributed by atoms with E-state index in [0.717, 1.165) is 0 Å². The second-order valence-electron chi connectivity index (χ2n) is 3.55. The fourth-order valence-electron chi connectivity index (χ4n) is 1.50. The van der Waals surface area contributed by atoms with Crippen LogP contribution in [0.4, 0.5) is 0 Å². The lowest BCUT2D eigenvalue weighted by Crippen LogP contribution is -2.42. The van der Waals surface area contributed by atoms with E-state index in [-0.39, 0.29) is 12.5 Å². The van der Waals surface area contributed by atoms with Crippen molar-refractivity contribution in [3.05, 3.63) is 22.4 Å². The zero-order valence-corrected chi connectivity index (χ0v) is 10.1. The Kier molecular flexibility index (Phi) is 4.11. The molecule has 1 aromatic rings. The van der Waals surface area contributed by atoms with Gasteiger partial charge in [-0.2, -0.15) is 0 Å². The summed E-state index contributed by atoms with van der Waals surface area (Å²) >= 11 is 1.30. The average Bonchev–Trinajstić information content (AvgIpc) is 2.90. The lowest BCUT2D eigenvalue weighted by Gasteiger charge is -2.26. The van der Waals surface area contributed by atoms with Crippen LogP contribution in [0.1, 0.15) is 9.67 Å². The summed E-state index contributed by atoms with van der Waals surface area (Å²) in [5.41, 5.74) is 0. The van der Waals surface area contributed by atoms with Crippen molar-refractivity contribution in [2.24, 2.45) is 0 Å². The van der Waals surface area contributed by atoms with E-state index < -0.39 is 5.97 Å². The van der Waals surface area contributed by atoms with Crippen molar-refractivity contribution in [1.29, 1.82) is 0 Å². The first-order valence-corrected chi connectivity index (χ1v) is 6.21. The first kappa shape index (κ1) is 12.1.